The van der Waals surface area contributed by atoms with E-state index in [9.17, 15) is 9.59 Å². The average Bonchev–Trinajstić information content (AvgIpc) is 2.85. The van der Waals surface area contributed by atoms with Crippen molar-refractivity contribution in [2.75, 3.05) is 25.0 Å². The SMILES string of the molecule is Cc1ccccc1N(C)C(=O)N1CCC(CC(=O)O)C1. The van der Waals surface area contributed by atoms with E-state index in [1.54, 1.807) is 16.8 Å². The number of likely N-dealkylation sites (tertiary alicyclic amines) is 1. The lowest BCUT2D eigenvalue weighted by molar-refractivity contribution is -0.138. The third kappa shape index (κ3) is 3.10. The number of para-hydroxylation sites is 1. The minimum Gasteiger partial charge on any atom is -0.481 e. The van der Waals surface area contributed by atoms with Crippen molar-refractivity contribution in [3.8, 4) is 0 Å². The molecule has 2 rings (SSSR count). The van der Waals surface area contributed by atoms with Gasteiger partial charge in [0.25, 0.3) is 0 Å². The van der Waals surface area contributed by atoms with Crippen LogP contribution in [0.3, 0.4) is 0 Å². The molecule has 1 N–H and O–H groups in total. The molecule has 1 aromatic carbocycles. The fraction of sp³-hybridized carbons (Fsp3) is 0.467. The summed E-state index contributed by atoms with van der Waals surface area (Å²) in [7, 11) is 1.76. The standard InChI is InChI=1S/C15H20N2O3/c1-11-5-3-4-6-13(11)16(2)15(20)17-8-7-12(10-17)9-14(18)19/h3-6,12H,7-10H2,1-2H3,(H,18,19). The maximum Gasteiger partial charge on any atom is 0.324 e. The van der Waals surface area contributed by atoms with Gasteiger partial charge in [0.15, 0.2) is 0 Å². The number of benzene rings is 1. The van der Waals surface area contributed by atoms with E-state index in [2.05, 4.69) is 0 Å². The largest absolute Gasteiger partial charge is 0.481 e. The Hall–Kier alpha value is -2.04. The van der Waals surface area contributed by atoms with E-state index in [4.69, 9.17) is 5.11 Å². The van der Waals surface area contributed by atoms with Gasteiger partial charge in [-0.2, -0.15) is 0 Å². The summed E-state index contributed by atoms with van der Waals surface area (Å²) in [4.78, 5) is 26.5. The molecule has 1 aliphatic heterocycles. The van der Waals surface area contributed by atoms with Crippen LogP contribution in [0.5, 0.6) is 0 Å². The van der Waals surface area contributed by atoms with Crippen LogP contribution in [0.2, 0.25) is 0 Å². The van der Waals surface area contributed by atoms with Crippen molar-refractivity contribution in [3.63, 3.8) is 0 Å². The Labute approximate surface area is 118 Å². The highest BCUT2D eigenvalue weighted by Gasteiger charge is 2.29. The molecule has 108 valence electrons. The number of nitrogens with zero attached hydrogens (tertiary/aromatic N) is 2. The topological polar surface area (TPSA) is 60.9 Å². The van der Waals surface area contributed by atoms with Crippen molar-refractivity contribution in [2.45, 2.75) is 19.8 Å². The zero-order valence-electron chi connectivity index (χ0n) is 11.9. The summed E-state index contributed by atoms with van der Waals surface area (Å²) < 4.78 is 0. The van der Waals surface area contributed by atoms with Gasteiger partial charge in [0.05, 0.1) is 0 Å². The van der Waals surface area contributed by atoms with E-state index < -0.39 is 5.97 Å². The number of carboxylic acid groups (broad SMARTS) is 1. The predicted molar refractivity (Wildman–Crippen MR) is 76.9 cm³/mol. The van der Waals surface area contributed by atoms with Gasteiger partial charge in [-0.25, -0.2) is 4.79 Å². The minimum atomic E-state index is -0.795. The quantitative estimate of drug-likeness (QED) is 0.921. The van der Waals surface area contributed by atoms with Crippen molar-refractivity contribution in [2.24, 2.45) is 5.92 Å². The monoisotopic (exact) mass is 276 g/mol. The van der Waals surface area contributed by atoms with E-state index in [-0.39, 0.29) is 18.4 Å². The second kappa shape index (κ2) is 5.94. The first-order chi connectivity index (χ1) is 9.49. The second-order valence-electron chi connectivity index (χ2n) is 5.33. The van der Waals surface area contributed by atoms with Crippen molar-refractivity contribution in [1.29, 1.82) is 0 Å². The molecule has 1 heterocycles. The van der Waals surface area contributed by atoms with Gasteiger partial charge in [0.2, 0.25) is 0 Å². The molecule has 5 nitrogen and oxygen atoms in total. The summed E-state index contributed by atoms with van der Waals surface area (Å²) in [5.41, 5.74) is 1.93. The number of rotatable bonds is 3. The molecule has 1 aliphatic rings. The third-order valence-electron chi connectivity index (χ3n) is 3.78. The highest BCUT2D eigenvalue weighted by Crippen LogP contribution is 2.24. The number of hydrogen-bond acceptors (Lipinski definition) is 2. The molecular formula is C15H20N2O3. The lowest BCUT2D eigenvalue weighted by Gasteiger charge is -2.25. The van der Waals surface area contributed by atoms with Gasteiger partial charge in [-0.1, -0.05) is 18.2 Å². The number of aryl methyl sites for hydroxylation is 1. The molecule has 2 amide bonds. The molecular weight excluding hydrogens is 256 g/mol. The Morgan fingerprint density at radius 3 is 2.75 bits per heavy atom. The lowest BCUT2D eigenvalue weighted by Crippen LogP contribution is -2.40. The van der Waals surface area contributed by atoms with Gasteiger partial charge in [-0.3, -0.25) is 9.69 Å². The molecule has 1 atom stereocenters. The first-order valence-corrected chi connectivity index (χ1v) is 6.79. The molecule has 1 fully saturated rings. The molecule has 0 saturated carbocycles. The Bertz CT molecular complexity index is 516. The normalized spacial score (nSPS) is 18.1. The van der Waals surface area contributed by atoms with E-state index in [1.807, 2.05) is 31.2 Å². The van der Waals surface area contributed by atoms with Crippen LogP contribution in [-0.4, -0.2) is 42.1 Å². The molecule has 0 bridgehead atoms. The van der Waals surface area contributed by atoms with Crippen LogP contribution in [0.25, 0.3) is 0 Å². The number of anilines is 1. The van der Waals surface area contributed by atoms with E-state index in [1.165, 1.54) is 0 Å². The van der Waals surface area contributed by atoms with E-state index >= 15 is 0 Å². The number of amides is 2. The van der Waals surface area contributed by atoms with Gasteiger partial charge in [0.1, 0.15) is 0 Å². The summed E-state index contributed by atoms with van der Waals surface area (Å²) in [6.45, 7) is 3.13. The lowest BCUT2D eigenvalue weighted by atomic mass is 10.1. The summed E-state index contributed by atoms with van der Waals surface area (Å²) in [5, 5.41) is 8.81. The number of aliphatic carboxylic acids is 1. The number of carbonyl (C=O) groups is 2. The van der Waals surface area contributed by atoms with Crippen LogP contribution >= 0.6 is 0 Å². The molecule has 0 aliphatic carbocycles. The predicted octanol–water partition coefficient (Wildman–Crippen LogP) is 2.35. The van der Waals surface area contributed by atoms with Gasteiger partial charge in [-0.05, 0) is 30.9 Å². The van der Waals surface area contributed by atoms with Crippen LogP contribution in [0, 0.1) is 12.8 Å². The van der Waals surface area contributed by atoms with Crippen LogP contribution in [0.1, 0.15) is 18.4 Å². The maximum atomic E-state index is 12.4. The molecule has 1 aromatic rings. The molecule has 0 aromatic heterocycles. The number of carbonyl (C=O) groups excluding carboxylic acids is 1. The van der Waals surface area contributed by atoms with E-state index in [0.29, 0.717) is 13.1 Å². The Morgan fingerprint density at radius 2 is 2.10 bits per heavy atom. The maximum absolute atomic E-state index is 12.4. The average molecular weight is 276 g/mol. The molecule has 0 spiro atoms. The fourth-order valence-electron chi connectivity index (χ4n) is 2.67. The molecule has 1 unspecified atom stereocenters. The fourth-order valence-corrected chi connectivity index (χ4v) is 2.67. The highest BCUT2D eigenvalue weighted by molar-refractivity contribution is 5.92. The van der Waals surface area contributed by atoms with E-state index in [0.717, 1.165) is 17.7 Å². The van der Waals surface area contributed by atoms with Crippen LogP contribution in [0.15, 0.2) is 24.3 Å². The summed E-state index contributed by atoms with van der Waals surface area (Å²) in [6, 6.07) is 7.67. The van der Waals surface area contributed by atoms with Gasteiger partial charge < -0.3 is 10.0 Å². The van der Waals surface area contributed by atoms with Gasteiger partial charge >= 0.3 is 12.0 Å². The first-order valence-electron chi connectivity index (χ1n) is 6.79. The van der Waals surface area contributed by atoms with Crippen LogP contribution in [-0.2, 0) is 4.79 Å². The van der Waals surface area contributed by atoms with Crippen LogP contribution < -0.4 is 4.90 Å². The summed E-state index contributed by atoms with van der Waals surface area (Å²) >= 11 is 0. The van der Waals surface area contributed by atoms with Gasteiger partial charge in [0, 0.05) is 32.2 Å². The Balaban J connectivity index is 2.02. The second-order valence-corrected chi connectivity index (χ2v) is 5.33. The zero-order valence-corrected chi connectivity index (χ0v) is 11.9. The molecule has 5 heteroatoms. The minimum absolute atomic E-state index is 0.0628. The zero-order chi connectivity index (χ0) is 14.7. The smallest absolute Gasteiger partial charge is 0.324 e. The molecule has 20 heavy (non-hydrogen) atoms. The number of carboxylic acids is 1. The van der Waals surface area contributed by atoms with Crippen molar-refractivity contribution < 1.29 is 14.7 Å². The first kappa shape index (κ1) is 14.4. The summed E-state index contributed by atoms with van der Waals surface area (Å²) in [5.74, 6) is -0.724. The number of urea groups is 1. The molecule has 0 radical (unpaired) electrons. The third-order valence-corrected chi connectivity index (χ3v) is 3.78. The number of hydrogen-bond donors (Lipinski definition) is 1. The molecule has 1 saturated heterocycles. The summed E-state index contributed by atoms with van der Waals surface area (Å²) in [6.07, 6.45) is 0.900. The van der Waals surface area contributed by atoms with Crippen molar-refractivity contribution in [3.05, 3.63) is 29.8 Å². The van der Waals surface area contributed by atoms with Gasteiger partial charge in [-0.15, -0.1) is 0 Å². The highest BCUT2D eigenvalue weighted by atomic mass is 16.4. The Kier molecular flexibility index (Phi) is 4.27. The Morgan fingerprint density at radius 1 is 1.40 bits per heavy atom. The van der Waals surface area contributed by atoms with Crippen molar-refractivity contribution >= 4 is 17.7 Å². The van der Waals surface area contributed by atoms with Crippen LogP contribution in [0.4, 0.5) is 10.5 Å². The van der Waals surface area contributed by atoms with Crippen molar-refractivity contribution in [1.82, 2.24) is 4.90 Å².